The zero-order valence-corrected chi connectivity index (χ0v) is 11.3. The lowest BCUT2D eigenvalue weighted by Gasteiger charge is -1.96. The number of rotatable bonds is 2. The molecule has 0 spiro atoms. The van der Waals surface area contributed by atoms with Crippen LogP contribution in [0.2, 0.25) is 0 Å². The number of hydrazine groups is 1. The topological polar surface area (TPSA) is 97.1 Å². The third kappa shape index (κ3) is 6.02. The van der Waals surface area contributed by atoms with Crippen LogP contribution < -0.4 is 16.6 Å². The number of carbonyl (C=O) groups is 2. The fourth-order valence-electron chi connectivity index (χ4n) is 0.899. The third-order valence-corrected chi connectivity index (χ3v) is 2.15. The Morgan fingerprint density at radius 2 is 1.67 bits per heavy atom. The summed E-state index contributed by atoms with van der Waals surface area (Å²) < 4.78 is 0. The first-order valence-corrected chi connectivity index (χ1v) is 5.50. The van der Waals surface area contributed by atoms with Crippen molar-refractivity contribution in [2.24, 2.45) is 5.84 Å². The van der Waals surface area contributed by atoms with E-state index in [9.17, 15) is 9.59 Å². The molecule has 0 aromatic carbocycles. The van der Waals surface area contributed by atoms with Crippen LogP contribution in [0.25, 0.3) is 0 Å². The van der Waals surface area contributed by atoms with Gasteiger partial charge in [-0.15, -0.1) is 0 Å². The van der Waals surface area contributed by atoms with Crippen molar-refractivity contribution in [2.45, 2.75) is 13.8 Å². The highest BCUT2D eigenvalue weighted by Gasteiger charge is 2.04. The van der Waals surface area contributed by atoms with Gasteiger partial charge in [-0.3, -0.25) is 9.59 Å². The Bertz CT molecular complexity index is 413. The van der Waals surface area contributed by atoms with Crippen LogP contribution in [0.15, 0.2) is 18.2 Å². The standard InChI is InChI=1S/C9H9NO2.C2H7N3S/c1-6(11)8-4-3-5-9(10-8)7(2)12;1-4-2(6)5-3/h3-5H,1-2H3;3H2,1H3,(H2,4,5,6). The van der Waals surface area contributed by atoms with Crippen LogP contribution in [0, 0.1) is 0 Å². The third-order valence-electron chi connectivity index (χ3n) is 1.83. The minimum absolute atomic E-state index is 0.127. The molecule has 0 bridgehead atoms. The largest absolute Gasteiger partial charge is 0.365 e. The quantitative estimate of drug-likeness (QED) is 0.310. The summed E-state index contributed by atoms with van der Waals surface area (Å²) in [6.07, 6.45) is 0. The fraction of sp³-hybridized carbons (Fsp3) is 0.273. The predicted molar refractivity (Wildman–Crippen MR) is 73.2 cm³/mol. The molecule has 7 heteroatoms. The van der Waals surface area contributed by atoms with Crippen LogP contribution in [0.5, 0.6) is 0 Å². The van der Waals surface area contributed by atoms with Crippen molar-refractivity contribution in [1.29, 1.82) is 0 Å². The van der Waals surface area contributed by atoms with Gasteiger partial charge < -0.3 is 10.7 Å². The molecule has 0 atom stereocenters. The zero-order valence-electron chi connectivity index (χ0n) is 10.5. The summed E-state index contributed by atoms with van der Waals surface area (Å²) in [5, 5.41) is 3.06. The molecule has 1 aromatic heterocycles. The molecule has 0 radical (unpaired) electrons. The van der Waals surface area contributed by atoms with Crippen LogP contribution in [-0.2, 0) is 0 Å². The average molecular weight is 268 g/mol. The molecule has 0 saturated carbocycles. The molecule has 98 valence electrons. The van der Waals surface area contributed by atoms with E-state index in [0.29, 0.717) is 16.5 Å². The minimum atomic E-state index is -0.127. The Hall–Kier alpha value is -1.86. The number of ketones is 2. The maximum absolute atomic E-state index is 10.8. The number of thiocarbonyl (C=S) groups is 1. The van der Waals surface area contributed by atoms with Crippen molar-refractivity contribution in [3.8, 4) is 0 Å². The van der Waals surface area contributed by atoms with Crippen molar-refractivity contribution in [1.82, 2.24) is 15.7 Å². The molecule has 0 aliphatic heterocycles. The first-order chi connectivity index (χ1) is 8.42. The number of pyridine rings is 1. The summed E-state index contributed by atoms with van der Waals surface area (Å²) in [7, 11) is 1.70. The second kappa shape index (κ2) is 8.26. The SMILES string of the molecule is CC(=O)c1cccc(C(C)=O)n1.CNC(=S)NN. The second-order valence-corrected chi connectivity index (χ2v) is 3.65. The molecule has 18 heavy (non-hydrogen) atoms. The molecule has 1 heterocycles. The average Bonchev–Trinajstić information content (AvgIpc) is 2.38. The van der Waals surface area contributed by atoms with Crippen molar-refractivity contribution in [3.63, 3.8) is 0 Å². The number of hydrogen-bond acceptors (Lipinski definition) is 5. The molecule has 0 saturated heterocycles. The van der Waals surface area contributed by atoms with E-state index in [1.54, 1.807) is 25.2 Å². The smallest absolute Gasteiger partial charge is 0.180 e. The molecular formula is C11H16N4O2S. The molecule has 6 nitrogen and oxygen atoms in total. The minimum Gasteiger partial charge on any atom is -0.365 e. The number of carbonyl (C=O) groups excluding carboxylic acids is 2. The first kappa shape index (κ1) is 16.1. The van der Waals surface area contributed by atoms with Gasteiger partial charge in [0.1, 0.15) is 11.4 Å². The van der Waals surface area contributed by atoms with E-state index in [2.05, 4.69) is 27.9 Å². The number of hydrogen-bond donors (Lipinski definition) is 3. The van der Waals surface area contributed by atoms with Gasteiger partial charge in [-0.25, -0.2) is 10.8 Å². The zero-order chi connectivity index (χ0) is 14.1. The maximum Gasteiger partial charge on any atom is 0.180 e. The summed E-state index contributed by atoms with van der Waals surface area (Å²) in [6.45, 7) is 2.85. The monoisotopic (exact) mass is 268 g/mol. The van der Waals surface area contributed by atoms with Gasteiger partial charge in [0.15, 0.2) is 16.7 Å². The molecule has 4 N–H and O–H groups in total. The highest BCUT2D eigenvalue weighted by Crippen LogP contribution is 2.00. The van der Waals surface area contributed by atoms with Gasteiger partial charge in [0.25, 0.3) is 0 Å². The molecule has 0 aliphatic carbocycles. The van der Waals surface area contributed by atoms with Gasteiger partial charge in [0.05, 0.1) is 0 Å². The van der Waals surface area contributed by atoms with Crippen LogP contribution in [0.3, 0.4) is 0 Å². The van der Waals surface area contributed by atoms with E-state index < -0.39 is 0 Å². The summed E-state index contributed by atoms with van der Waals surface area (Å²) in [5.41, 5.74) is 2.91. The highest BCUT2D eigenvalue weighted by molar-refractivity contribution is 7.80. The maximum atomic E-state index is 10.8. The summed E-state index contributed by atoms with van der Waals surface area (Å²) in [6, 6.07) is 4.84. The number of Topliss-reactive ketones (excluding diaryl/α,β-unsaturated/α-hetero) is 2. The Labute approximate surface area is 111 Å². The number of nitrogens with two attached hydrogens (primary N) is 1. The van der Waals surface area contributed by atoms with Crippen molar-refractivity contribution in [3.05, 3.63) is 29.6 Å². The lowest BCUT2D eigenvalue weighted by atomic mass is 10.2. The Balaban J connectivity index is 0.000000411. The Kier molecular flexibility index (Phi) is 7.41. The molecule has 0 amide bonds. The van der Waals surface area contributed by atoms with Gasteiger partial charge in [0.2, 0.25) is 0 Å². The van der Waals surface area contributed by atoms with Crippen molar-refractivity contribution >= 4 is 28.9 Å². The Morgan fingerprint density at radius 3 is 1.89 bits per heavy atom. The van der Waals surface area contributed by atoms with Gasteiger partial charge >= 0.3 is 0 Å². The number of aromatic nitrogens is 1. The van der Waals surface area contributed by atoms with E-state index in [4.69, 9.17) is 5.84 Å². The molecule has 1 aromatic rings. The highest BCUT2D eigenvalue weighted by atomic mass is 32.1. The van der Waals surface area contributed by atoms with Crippen molar-refractivity contribution < 1.29 is 9.59 Å². The second-order valence-electron chi connectivity index (χ2n) is 3.24. The Morgan fingerprint density at radius 1 is 1.22 bits per heavy atom. The molecular weight excluding hydrogens is 252 g/mol. The summed E-state index contributed by atoms with van der Waals surface area (Å²) >= 11 is 4.51. The summed E-state index contributed by atoms with van der Waals surface area (Å²) in [4.78, 5) is 25.6. The van der Waals surface area contributed by atoms with E-state index >= 15 is 0 Å². The normalized spacial score (nSPS) is 8.67. The van der Waals surface area contributed by atoms with E-state index in [-0.39, 0.29) is 11.6 Å². The lowest BCUT2D eigenvalue weighted by Crippen LogP contribution is -2.37. The first-order valence-electron chi connectivity index (χ1n) is 5.09. The van der Waals surface area contributed by atoms with Gasteiger partial charge in [-0.2, -0.15) is 0 Å². The lowest BCUT2D eigenvalue weighted by molar-refractivity contribution is 0.101. The molecule has 0 unspecified atom stereocenters. The molecule has 0 aliphatic rings. The predicted octanol–water partition coefficient (Wildman–Crippen LogP) is 0.441. The number of nitrogens with one attached hydrogen (secondary N) is 2. The fourth-order valence-corrected chi connectivity index (χ4v) is 0.899. The van der Waals surface area contributed by atoms with Crippen LogP contribution in [0.1, 0.15) is 34.8 Å². The van der Waals surface area contributed by atoms with E-state index in [0.717, 1.165) is 0 Å². The van der Waals surface area contributed by atoms with E-state index in [1.165, 1.54) is 13.8 Å². The van der Waals surface area contributed by atoms with E-state index in [1.807, 2.05) is 0 Å². The van der Waals surface area contributed by atoms with Crippen LogP contribution in [0.4, 0.5) is 0 Å². The number of nitrogens with zero attached hydrogens (tertiary/aromatic N) is 1. The van der Waals surface area contributed by atoms with Crippen LogP contribution in [-0.4, -0.2) is 28.7 Å². The van der Waals surface area contributed by atoms with Gasteiger partial charge in [-0.05, 0) is 24.4 Å². The van der Waals surface area contributed by atoms with Crippen LogP contribution >= 0.6 is 12.2 Å². The molecule has 1 rings (SSSR count). The molecule has 0 fully saturated rings. The summed E-state index contributed by atoms with van der Waals surface area (Å²) in [5.74, 6) is 4.58. The van der Waals surface area contributed by atoms with Crippen molar-refractivity contribution in [2.75, 3.05) is 7.05 Å². The van der Waals surface area contributed by atoms with Gasteiger partial charge in [-0.1, -0.05) is 6.07 Å². The van der Waals surface area contributed by atoms with Gasteiger partial charge in [0, 0.05) is 20.9 Å².